The summed E-state index contributed by atoms with van der Waals surface area (Å²) < 4.78 is 12.9. The number of aromatic amines is 1. The van der Waals surface area contributed by atoms with Crippen LogP contribution in [0.3, 0.4) is 0 Å². The number of hydrogen-bond acceptors (Lipinski definition) is 1. The summed E-state index contributed by atoms with van der Waals surface area (Å²) in [4.78, 5) is 3.28. The second kappa shape index (κ2) is 4.03. The molecule has 1 heterocycles. The zero-order chi connectivity index (χ0) is 10.8. The Balaban J connectivity index is 2.30. The lowest BCUT2D eigenvalue weighted by molar-refractivity contribution is 0.603. The summed E-state index contributed by atoms with van der Waals surface area (Å²) in [5, 5.41) is 4.11. The van der Waals surface area contributed by atoms with Crippen LogP contribution in [-0.4, -0.2) is 18.1 Å². The standard InChI is InChI=1S/C12H15FN2/c1-8(14-2)5-11-7-9-6-10(13)3-4-12(9)15-11/h3-4,6-8,14-15H,5H2,1-2H3. The highest BCUT2D eigenvalue weighted by molar-refractivity contribution is 5.80. The maximum atomic E-state index is 12.9. The fourth-order valence-electron chi connectivity index (χ4n) is 1.71. The maximum Gasteiger partial charge on any atom is 0.123 e. The van der Waals surface area contributed by atoms with E-state index in [2.05, 4.69) is 17.2 Å². The van der Waals surface area contributed by atoms with E-state index in [0.717, 1.165) is 23.0 Å². The van der Waals surface area contributed by atoms with Crippen LogP contribution in [0.2, 0.25) is 0 Å². The van der Waals surface area contributed by atoms with Gasteiger partial charge in [0.05, 0.1) is 0 Å². The molecular weight excluding hydrogens is 191 g/mol. The predicted molar refractivity (Wildman–Crippen MR) is 60.5 cm³/mol. The minimum Gasteiger partial charge on any atom is -0.358 e. The number of halogens is 1. The number of hydrogen-bond donors (Lipinski definition) is 2. The quantitative estimate of drug-likeness (QED) is 0.793. The number of H-pyrrole nitrogens is 1. The average Bonchev–Trinajstić information content (AvgIpc) is 2.59. The van der Waals surface area contributed by atoms with Crippen molar-refractivity contribution in [2.24, 2.45) is 0 Å². The van der Waals surface area contributed by atoms with Crippen molar-refractivity contribution in [1.82, 2.24) is 10.3 Å². The Morgan fingerprint density at radius 2 is 2.20 bits per heavy atom. The molecular formula is C12H15FN2. The molecule has 1 aromatic heterocycles. The van der Waals surface area contributed by atoms with E-state index in [-0.39, 0.29) is 5.82 Å². The van der Waals surface area contributed by atoms with Crippen LogP contribution in [0.4, 0.5) is 4.39 Å². The van der Waals surface area contributed by atoms with Crippen LogP contribution in [0.5, 0.6) is 0 Å². The van der Waals surface area contributed by atoms with Crippen molar-refractivity contribution in [2.45, 2.75) is 19.4 Å². The molecule has 1 atom stereocenters. The van der Waals surface area contributed by atoms with Gasteiger partial charge >= 0.3 is 0 Å². The zero-order valence-electron chi connectivity index (χ0n) is 8.97. The van der Waals surface area contributed by atoms with E-state index in [1.807, 2.05) is 13.1 Å². The minimum absolute atomic E-state index is 0.185. The van der Waals surface area contributed by atoms with Crippen molar-refractivity contribution in [1.29, 1.82) is 0 Å². The lowest BCUT2D eigenvalue weighted by atomic mass is 10.2. The van der Waals surface area contributed by atoms with Crippen LogP contribution < -0.4 is 5.32 Å². The number of likely N-dealkylation sites (N-methyl/N-ethyl adjacent to an activating group) is 1. The highest BCUT2D eigenvalue weighted by atomic mass is 19.1. The van der Waals surface area contributed by atoms with Gasteiger partial charge in [0.2, 0.25) is 0 Å². The normalized spacial score (nSPS) is 13.3. The fourth-order valence-corrected chi connectivity index (χ4v) is 1.71. The van der Waals surface area contributed by atoms with Crippen LogP contribution in [0.1, 0.15) is 12.6 Å². The molecule has 1 aromatic carbocycles. The molecule has 3 heteroatoms. The molecule has 80 valence electrons. The smallest absolute Gasteiger partial charge is 0.123 e. The van der Waals surface area contributed by atoms with Gasteiger partial charge in [0, 0.05) is 29.1 Å². The Morgan fingerprint density at radius 1 is 1.40 bits per heavy atom. The molecule has 0 aliphatic heterocycles. The molecule has 0 aliphatic carbocycles. The van der Waals surface area contributed by atoms with Crippen molar-refractivity contribution >= 4 is 10.9 Å². The van der Waals surface area contributed by atoms with Gasteiger partial charge in [0.25, 0.3) is 0 Å². The summed E-state index contributed by atoms with van der Waals surface area (Å²) in [7, 11) is 1.94. The number of fused-ring (bicyclic) bond motifs is 1. The Morgan fingerprint density at radius 3 is 2.93 bits per heavy atom. The van der Waals surface area contributed by atoms with Gasteiger partial charge in [-0.3, -0.25) is 0 Å². The average molecular weight is 206 g/mol. The minimum atomic E-state index is -0.185. The first-order chi connectivity index (χ1) is 7.19. The molecule has 2 N–H and O–H groups in total. The molecule has 2 nitrogen and oxygen atoms in total. The second-order valence-electron chi connectivity index (χ2n) is 3.92. The summed E-state index contributed by atoms with van der Waals surface area (Å²) in [6.07, 6.45) is 0.923. The van der Waals surface area contributed by atoms with Gasteiger partial charge in [-0.1, -0.05) is 0 Å². The van der Waals surface area contributed by atoms with E-state index in [0.29, 0.717) is 6.04 Å². The van der Waals surface area contributed by atoms with Gasteiger partial charge < -0.3 is 10.3 Å². The molecule has 15 heavy (non-hydrogen) atoms. The summed E-state index contributed by atoms with van der Waals surface area (Å²) >= 11 is 0. The van der Waals surface area contributed by atoms with Crippen LogP contribution in [-0.2, 0) is 6.42 Å². The molecule has 1 unspecified atom stereocenters. The number of benzene rings is 1. The Labute approximate surface area is 88.5 Å². The predicted octanol–water partition coefficient (Wildman–Crippen LogP) is 2.46. The first kappa shape index (κ1) is 10.2. The highest BCUT2D eigenvalue weighted by Gasteiger charge is 2.05. The molecule has 0 aliphatic rings. The molecule has 0 saturated heterocycles. The van der Waals surface area contributed by atoms with Crippen LogP contribution in [0.25, 0.3) is 10.9 Å². The van der Waals surface area contributed by atoms with Crippen molar-refractivity contribution < 1.29 is 4.39 Å². The van der Waals surface area contributed by atoms with Crippen LogP contribution >= 0.6 is 0 Å². The monoisotopic (exact) mass is 206 g/mol. The van der Waals surface area contributed by atoms with Crippen LogP contribution in [0, 0.1) is 5.82 Å². The lowest BCUT2D eigenvalue weighted by Gasteiger charge is -2.07. The highest BCUT2D eigenvalue weighted by Crippen LogP contribution is 2.17. The molecule has 0 fully saturated rings. The molecule has 0 saturated carbocycles. The van der Waals surface area contributed by atoms with E-state index in [1.165, 1.54) is 6.07 Å². The number of rotatable bonds is 3. The molecule has 0 radical (unpaired) electrons. The van der Waals surface area contributed by atoms with Gasteiger partial charge in [-0.15, -0.1) is 0 Å². The Hall–Kier alpha value is -1.35. The van der Waals surface area contributed by atoms with Crippen molar-refractivity contribution in [3.05, 3.63) is 35.8 Å². The van der Waals surface area contributed by atoms with Crippen LogP contribution in [0.15, 0.2) is 24.3 Å². The number of nitrogens with one attached hydrogen (secondary N) is 2. The summed E-state index contributed by atoms with van der Waals surface area (Å²) in [6, 6.07) is 7.23. The van der Waals surface area contributed by atoms with Crippen molar-refractivity contribution in [2.75, 3.05) is 7.05 Å². The third kappa shape index (κ3) is 2.18. The SMILES string of the molecule is CNC(C)Cc1cc2cc(F)ccc2[nH]1. The van der Waals surface area contributed by atoms with Crippen molar-refractivity contribution in [3.63, 3.8) is 0 Å². The van der Waals surface area contributed by atoms with E-state index in [9.17, 15) is 4.39 Å². The van der Waals surface area contributed by atoms with E-state index < -0.39 is 0 Å². The molecule has 2 rings (SSSR count). The van der Waals surface area contributed by atoms with E-state index in [4.69, 9.17) is 0 Å². The molecule has 2 aromatic rings. The summed E-state index contributed by atoms with van der Waals surface area (Å²) in [5.41, 5.74) is 2.13. The van der Waals surface area contributed by atoms with Gasteiger partial charge in [0.15, 0.2) is 0 Å². The lowest BCUT2D eigenvalue weighted by Crippen LogP contribution is -2.23. The molecule has 0 amide bonds. The third-order valence-electron chi connectivity index (χ3n) is 2.66. The Kier molecular flexibility index (Phi) is 2.73. The number of aromatic nitrogens is 1. The first-order valence-corrected chi connectivity index (χ1v) is 5.13. The third-order valence-corrected chi connectivity index (χ3v) is 2.66. The summed E-state index contributed by atoms with van der Waals surface area (Å²) in [6.45, 7) is 2.12. The van der Waals surface area contributed by atoms with Crippen molar-refractivity contribution in [3.8, 4) is 0 Å². The molecule has 0 spiro atoms. The van der Waals surface area contributed by atoms with Gasteiger partial charge in [0.1, 0.15) is 5.82 Å². The van der Waals surface area contributed by atoms with Gasteiger partial charge in [-0.05, 0) is 38.2 Å². The van der Waals surface area contributed by atoms with Gasteiger partial charge in [-0.2, -0.15) is 0 Å². The fraction of sp³-hybridized carbons (Fsp3) is 0.333. The van der Waals surface area contributed by atoms with Gasteiger partial charge in [-0.25, -0.2) is 4.39 Å². The van der Waals surface area contributed by atoms with E-state index in [1.54, 1.807) is 12.1 Å². The topological polar surface area (TPSA) is 27.8 Å². The first-order valence-electron chi connectivity index (χ1n) is 5.13. The second-order valence-corrected chi connectivity index (χ2v) is 3.92. The molecule has 0 bridgehead atoms. The largest absolute Gasteiger partial charge is 0.358 e. The van der Waals surface area contributed by atoms with E-state index >= 15 is 0 Å². The maximum absolute atomic E-state index is 12.9. The summed E-state index contributed by atoms with van der Waals surface area (Å²) in [5.74, 6) is -0.185. The zero-order valence-corrected chi connectivity index (χ0v) is 8.97. The Bertz CT molecular complexity index is 462.